The molecule has 0 spiro atoms. The minimum atomic E-state index is 0.887. The van der Waals surface area contributed by atoms with Gasteiger partial charge < -0.3 is 0 Å². The second-order valence-electron chi connectivity index (χ2n) is 13.4. The molecule has 1 aliphatic rings. The van der Waals surface area contributed by atoms with Gasteiger partial charge in [-0.3, -0.25) is 9.68 Å². The molecule has 0 aromatic carbocycles. The first-order valence-corrected chi connectivity index (χ1v) is 19.6. The van der Waals surface area contributed by atoms with Crippen LogP contribution in [0.15, 0.2) is 0 Å². The Hall–Kier alpha value is -0.160. The van der Waals surface area contributed by atoms with E-state index in [0.29, 0.717) is 0 Å². The predicted molar refractivity (Wildman–Crippen MR) is 185 cm³/mol. The quantitative estimate of drug-likeness (QED) is 0.0692. The molecule has 0 atom stereocenters. The summed E-state index contributed by atoms with van der Waals surface area (Å²) >= 11 is 0. The summed E-state index contributed by atoms with van der Waals surface area (Å²) in [6.45, 7) is 10.3. The fourth-order valence-corrected chi connectivity index (χ4v) is 6.26. The molecule has 1 aliphatic heterocycles. The van der Waals surface area contributed by atoms with Crippen LogP contribution < -0.4 is 0 Å². The van der Waals surface area contributed by atoms with Crippen LogP contribution in [0.1, 0.15) is 206 Å². The van der Waals surface area contributed by atoms with Gasteiger partial charge in [-0.2, -0.15) is 10.1 Å². The molecule has 0 N–H and O–H groups in total. The van der Waals surface area contributed by atoms with E-state index in [9.17, 15) is 0 Å². The lowest BCUT2D eigenvalue weighted by molar-refractivity contribution is -0.237. The average Bonchev–Trinajstić information content (AvgIpc) is 3.01. The molecule has 0 unspecified atom stereocenters. The van der Waals surface area contributed by atoms with Crippen molar-refractivity contribution in [3.63, 3.8) is 0 Å². The Morgan fingerprint density at radius 2 is 0.476 bits per heavy atom. The first kappa shape index (κ1) is 39.9. The number of nitrogens with zero attached hydrogens (tertiary/aromatic N) is 2. The second kappa shape index (κ2) is 33.7. The zero-order valence-corrected chi connectivity index (χ0v) is 29.2. The van der Waals surface area contributed by atoms with Crippen LogP contribution in [0.4, 0.5) is 0 Å². The van der Waals surface area contributed by atoms with Gasteiger partial charge in [-0.1, -0.05) is 194 Å². The molecular weight excluding hydrogens is 516 g/mol. The van der Waals surface area contributed by atoms with E-state index in [2.05, 4.69) is 24.0 Å². The second-order valence-corrected chi connectivity index (χ2v) is 13.4. The van der Waals surface area contributed by atoms with Gasteiger partial charge in [0.15, 0.2) is 0 Å². The third kappa shape index (κ3) is 28.6. The van der Waals surface area contributed by atoms with E-state index in [0.717, 1.165) is 39.4 Å². The van der Waals surface area contributed by atoms with Gasteiger partial charge in [-0.05, 0) is 12.8 Å². The zero-order valence-electron chi connectivity index (χ0n) is 29.2. The molecule has 252 valence electrons. The molecule has 0 saturated carbocycles. The molecule has 1 saturated heterocycles. The van der Waals surface area contributed by atoms with Crippen molar-refractivity contribution < 1.29 is 9.68 Å². The topological polar surface area (TPSA) is 24.9 Å². The molecule has 1 rings (SSSR count). The number of hydroxylamine groups is 4. The summed E-state index contributed by atoms with van der Waals surface area (Å²) in [6.07, 6.45) is 42.4. The molecule has 0 bridgehead atoms. The highest BCUT2D eigenvalue weighted by Crippen LogP contribution is 2.15. The molecule has 0 aromatic heterocycles. The van der Waals surface area contributed by atoms with Crippen molar-refractivity contribution >= 4 is 0 Å². The Morgan fingerprint density at radius 1 is 0.286 bits per heavy atom. The Kier molecular flexibility index (Phi) is 32.0. The van der Waals surface area contributed by atoms with Gasteiger partial charge in [0.25, 0.3) is 0 Å². The molecule has 0 amide bonds. The van der Waals surface area contributed by atoms with E-state index in [1.165, 1.54) is 193 Å². The van der Waals surface area contributed by atoms with Crippen molar-refractivity contribution in [2.75, 3.05) is 39.4 Å². The van der Waals surface area contributed by atoms with Gasteiger partial charge in [-0.15, -0.1) is 0 Å². The lowest BCUT2D eigenvalue weighted by Crippen LogP contribution is -2.46. The van der Waals surface area contributed by atoms with E-state index in [1.807, 2.05) is 0 Å². The van der Waals surface area contributed by atoms with Crippen LogP contribution in [0.5, 0.6) is 0 Å². The van der Waals surface area contributed by atoms with Crippen molar-refractivity contribution in [3.05, 3.63) is 0 Å². The monoisotopic (exact) mass is 595 g/mol. The van der Waals surface area contributed by atoms with Gasteiger partial charge in [0.2, 0.25) is 0 Å². The molecule has 1 fully saturated rings. The summed E-state index contributed by atoms with van der Waals surface area (Å²) in [5, 5.41) is 4.33. The maximum Gasteiger partial charge on any atom is 0.0685 e. The largest absolute Gasteiger partial charge is 0.299 e. The summed E-state index contributed by atoms with van der Waals surface area (Å²) in [6, 6.07) is 0. The first-order chi connectivity index (χ1) is 20.9. The molecular formula is C38H78N2O2. The third-order valence-electron chi connectivity index (χ3n) is 9.24. The van der Waals surface area contributed by atoms with Crippen LogP contribution in [0.25, 0.3) is 0 Å². The molecule has 4 heteroatoms. The fourth-order valence-electron chi connectivity index (χ4n) is 6.26. The van der Waals surface area contributed by atoms with Gasteiger partial charge in [0, 0.05) is 26.2 Å². The SMILES string of the molecule is CCCCCCCCCCCCCCCCCON1CCN(OCCCCCCCCCCCCCCCCC)CC1. The molecule has 0 aromatic rings. The summed E-state index contributed by atoms with van der Waals surface area (Å²) in [7, 11) is 0. The highest BCUT2D eigenvalue weighted by molar-refractivity contribution is 4.61. The Morgan fingerprint density at radius 3 is 0.690 bits per heavy atom. The zero-order chi connectivity index (χ0) is 30.0. The molecule has 0 radical (unpaired) electrons. The minimum absolute atomic E-state index is 0.887. The van der Waals surface area contributed by atoms with Crippen molar-refractivity contribution in [1.82, 2.24) is 10.1 Å². The lowest BCUT2D eigenvalue weighted by atomic mass is 10.0. The number of rotatable bonds is 34. The molecule has 4 nitrogen and oxygen atoms in total. The van der Waals surface area contributed by atoms with Crippen molar-refractivity contribution in [3.8, 4) is 0 Å². The van der Waals surface area contributed by atoms with Gasteiger partial charge in [-0.25, -0.2) is 0 Å². The Balaban J connectivity index is 1.73. The van der Waals surface area contributed by atoms with E-state index < -0.39 is 0 Å². The van der Waals surface area contributed by atoms with Crippen molar-refractivity contribution in [1.29, 1.82) is 0 Å². The van der Waals surface area contributed by atoms with Gasteiger partial charge in [0.05, 0.1) is 13.2 Å². The number of hydrogen-bond acceptors (Lipinski definition) is 4. The van der Waals surface area contributed by atoms with E-state index in [1.54, 1.807) is 0 Å². The highest BCUT2D eigenvalue weighted by Gasteiger charge is 2.17. The standard InChI is InChI=1S/C38H78N2O2/c1-3-5-7-9-11-13-15-17-19-21-23-25-27-29-31-37-41-39-33-35-40(36-34-39)42-38-32-30-28-26-24-22-20-18-16-14-12-10-8-6-4-2/h3-38H2,1-2H3. The fraction of sp³-hybridized carbons (Fsp3) is 1.00. The molecule has 42 heavy (non-hydrogen) atoms. The Labute approximate surface area is 265 Å². The first-order valence-electron chi connectivity index (χ1n) is 19.6. The minimum Gasteiger partial charge on any atom is -0.299 e. The van der Waals surface area contributed by atoms with Gasteiger partial charge >= 0.3 is 0 Å². The summed E-state index contributed by atoms with van der Waals surface area (Å²) in [5.41, 5.74) is 0. The smallest absolute Gasteiger partial charge is 0.0685 e. The summed E-state index contributed by atoms with van der Waals surface area (Å²) in [4.78, 5) is 12.1. The van der Waals surface area contributed by atoms with Gasteiger partial charge in [0.1, 0.15) is 0 Å². The van der Waals surface area contributed by atoms with Crippen LogP contribution in [0.3, 0.4) is 0 Å². The van der Waals surface area contributed by atoms with Crippen LogP contribution >= 0.6 is 0 Å². The summed E-state index contributed by atoms with van der Waals surface area (Å²) in [5.74, 6) is 0. The third-order valence-corrected chi connectivity index (χ3v) is 9.24. The van der Waals surface area contributed by atoms with E-state index >= 15 is 0 Å². The lowest BCUT2D eigenvalue weighted by Gasteiger charge is -2.33. The van der Waals surface area contributed by atoms with E-state index in [-0.39, 0.29) is 0 Å². The van der Waals surface area contributed by atoms with Crippen molar-refractivity contribution in [2.45, 2.75) is 206 Å². The maximum atomic E-state index is 6.03. The van der Waals surface area contributed by atoms with E-state index in [4.69, 9.17) is 9.68 Å². The normalized spacial score (nSPS) is 14.7. The number of unbranched alkanes of at least 4 members (excludes halogenated alkanes) is 28. The number of piperazine rings is 1. The molecule has 1 heterocycles. The highest BCUT2D eigenvalue weighted by atomic mass is 16.7. The summed E-state index contributed by atoms with van der Waals surface area (Å²) < 4.78 is 0. The maximum absolute atomic E-state index is 6.03. The average molecular weight is 595 g/mol. The Bertz CT molecular complexity index is 451. The number of hydrogen-bond donors (Lipinski definition) is 0. The molecule has 0 aliphatic carbocycles. The van der Waals surface area contributed by atoms with Crippen LogP contribution in [-0.4, -0.2) is 49.5 Å². The predicted octanol–water partition coefficient (Wildman–Crippen LogP) is 12.2. The van der Waals surface area contributed by atoms with Crippen LogP contribution in [0, 0.1) is 0 Å². The van der Waals surface area contributed by atoms with Crippen LogP contribution in [-0.2, 0) is 9.68 Å². The van der Waals surface area contributed by atoms with Crippen LogP contribution in [0.2, 0.25) is 0 Å². The van der Waals surface area contributed by atoms with Crippen molar-refractivity contribution in [2.24, 2.45) is 0 Å².